The lowest BCUT2D eigenvalue weighted by Gasteiger charge is -2.57. The maximum Gasteiger partial charge on any atom is 0.330 e. The number of nitrogens with one attached hydrogen (secondary N) is 1. The van der Waals surface area contributed by atoms with Crippen LogP contribution < -0.4 is 5.32 Å². The fourth-order valence-corrected chi connectivity index (χ4v) is 7.93. The van der Waals surface area contributed by atoms with E-state index in [1.54, 1.807) is 30.3 Å². The van der Waals surface area contributed by atoms with Crippen molar-refractivity contribution in [3.8, 4) is 0 Å². The molecule has 194 valence electrons. The van der Waals surface area contributed by atoms with Gasteiger partial charge >= 0.3 is 5.97 Å². The number of aliphatic hydroxyl groups is 1. The smallest absolute Gasteiger partial charge is 0.330 e. The first kappa shape index (κ1) is 25.0. The highest BCUT2D eigenvalue weighted by Crippen LogP contribution is 2.65. The first-order valence-corrected chi connectivity index (χ1v) is 13.4. The number of aliphatic hydroxyl groups excluding tert-OH is 1. The molecule has 1 aromatic rings. The number of rotatable bonds is 6. The maximum absolute atomic E-state index is 12.3. The topological polar surface area (TPSA) is 108 Å². The Hall–Kier alpha value is -2.67. The minimum absolute atomic E-state index is 0.0919. The predicted molar refractivity (Wildman–Crippen MR) is 136 cm³/mol. The number of allylic oxidation sites excluding steroid dienone is 2. The number of benzene rings is 1. The van der Waals surface area contributed by atoms with E-state index in [1.807, 2.05) is 0 Å². The van der Waals surface area contributed by atoms with Crippen LogP contribution in [0, 0.1) is 28.6 Å². The van der Waals surface area contributed by atoms with Gasteiger partial charge in [0.2, 0.25) is 0 Å². The predicted octanol–water partition coefficient (Wildman–Crippen LogP) is 4.62. The molecule has 4 aliphatic carbocycles. The Bertz CT molecular complexity index is 1070. The highest BCUT2D eigenvalue weighted by atomic mass is 16.6. The highest BCUT2D eigenvalue weighted by molar-refractivity contribution is 5.96. The second-order valence-corrected chi connectivity index (χ2v) is 11.7. The second-order valence-electron chi connectivity index (χ2n) is 11.7. The fraction of sp³-hybridized carbons (Fsp3) is 0.621. The number of nitrogens with zero attached hydrogens (tertiary/aromatic N) is 1. The lowest BCUT2D eigenvalue weighted by molar-refractivity contribution is -0.142. The summed E-state index contributed by atoms with van der Waals surface area (Å²) in [6, 6.07) is 7.48. The highest BCUT2D eigenvalue weighted by Gasteiger charge is 2.58. The van der Waals surface area contributed by atoms with Crippen LogP contribution in [-0.2, 0) is 14.4 Å². The molecule has 3 N–H and O–H groups in total. The van der Waals surface area contributed by atoms with E-state index < -0.39 is 17.9 Å². The average molecular weight is 495 g/mol. The molecular weight excluding hydrogens is 456 g/mol. The molecule has 0 spiro atoms. The van der Waals surface area contributed by atoms with Gasteiger partial charge in [0.1, 0.15) is 0 Å². The van der Waals surface area contributed by atoms with Crippen LogP contribution in [0.15, 0.2) is 47.1 Å². The van der Waals surface area contributed by atoms with Crippen molar-refractivity contribution in [3.63, 3.8) is 0 Å². The molecular formula is C29H38N2O5. The van der Waals surface area contributed by atoms with E-state index >= 15 is 0 Å². The van der Waals surface area contributed by atoms with Gasteiger partial charge in [-0.1, -0.05) is 54.9 Å². The number of carbonyl (C=O) groups excluding carboxylic acids is 1. The van der Waals surface area contributed by atoms with Gasteiger partial charge in [-0.2, -0.15) is 0 Å². The lowest BCUT2D eigenvalue weighted by Crippen LogP contribution is -2.51. The number of fused-ring (bicyclic) bond motifs is 5. The van der Waals surface area contributed by atoms with E-state index in [4.69, 9.17) is 4.84 Å². The van der Waals surface area contributed by atoms with Crippen LogP contribution in [-0.4, -0.2) is 40.5 Å². The molecule has 4 aliphatic rings. The van der Waals surface area contributed by atoms with Gasteiger partial charge < -0.3 is 20.4 Å². The van der Waals surface area contributed by atoms with E-state index in [1.165, 1.54) is 18.4 Å². The SMILES string of the molecule is C[C@]12CC[C@H]3[C@@H](CCC4=C/C(=N/OCC(=O)N[C@@H](C(=O)O)c5ccccc5)CC[C@@]43C)[C@@H]1CC[C@@H]2O. The largest absolute Gasteiger partial charge is 0.479 e. The molecule has 0 unspecified atom stereocenters. The molecule has 7 heteroatoms. The average Bonchev–Trinajstić information content (AvgIpc) is 3.17. The fourth-order valence-electron chi connectivity index (χ4n) is 7.93. The number of carbonyl (C=O) groups is 2. The Morgan fingerprint density at radius 2 is 1.86 bits per heavy atom. The summed E-state index contributed by atoms with van der Waals surface area (Å²) in [4.78, 5) is 29.3. The van der Waals surface area contributed by atoms with Crippen molar-refractivity contribution in [2.24, 2.45) is 33.7 Å². The van der Waals surface area contributed by atoms with Gasteiger partial charge in [-0.3, -0.25) is 4.79 Å². The Balaban J connectivity index is 1.21. The van der Waals surface area contributed by atoms with Gasteiger partial charge in [0.15, 0.2) is 12.6 Å². The summed E-state index contributed by atoms with van der Waals surface area (Å²) in [5.41, 5.74) is 3.06. The molecule has 36 heavy (non-hydrogen) atoms. The van der Waals surface area contributed by atoms with Crippen LogP contribution in [0.2, 0.25) is 0 Å². The van der Waals surface area contributed by atoms with E-state index in [2.05, 4.69) is 30.4 Å². The number of hydrogen-bond donors (Lipinski definition) is 3. The number of aliphatic carboxylic acids is 1. The number of oxime groups is 1. The maximum atomic E-state index is 12.3. The quantitative estimate of drug-likeness (QED) is 0.500. The van der Waals surface area contributed by atoms with Crippen molar-refractivity contribution >= 4 is 17.6 Å². The van der Waals surface area contributed by atoms with Crippen LogP contribution in [0.3, 0.4) is 0 Å². The Morgan fingerprint density at radius 1 is 1.08 bits per heavy atom. The number of amides is 1. The van der Waals surface area contributed by atoms with Crippen molar-refractivity contribution in [2.75, 3.05) is 6.61 Å². The summed E-state index contributed by atoms with van der Waals surface area (Å²) in [6.07, 6.45) is 10.5. The second kappa shape index (κ2) is 9.66. The summed E-state index contributed by atoms with van der Waals surface area (Å²) in [7, 11) is 0. The first-order chi connectivity index (χ1) is 17.2. The van der Waals surface area contributed by atoms with Crippen molar-refractivity contribution in [3.05, 3.63) is 47.5 Å². The van der Waals surface area contributed by atoms with Gasteiger partial charge in [-0.25, -0.2) is 4.79 Å². The molecule has 0 aromatic heterocycles. The summed E-state index contributed by atoms with van der Waals surface area (Å²) in [6.45, 7) is 4.41. The molecule has 3 fully saturated rings. The van der Waals surface area contributed by atoms with E-state index in [0.29, 0.717) is 23.3 Å². The molecule has 3 saturated carbocycles. The zero-order valence-corrected chi connectivity index (χ0v) is 21.3. The third-order valence-corrected chi connectivity index (χ3v) is 9.99. The Kier molecular flexibility index (Phi) is 6.70. The molecule has 7 nitrogen and oxygen atoms in total. The third-order valence-electron chi connectivity index (χ3n) is 9.99. The molecule has 1 aromatic carbocycles. The molecule has 5 rings (SSSR count). The number of hydrogen-bond acceptors (Lipinski definition) is 5. The minimum Gasteiger partial charge on any atom is -0.479 e. The monoisotopic (exact) mass is 494 g/mol. The molecule has 0 radical (unpaired) electrons. The van der Waals surface area contributed by atoms with E-state index in [0.717, 1.165) is 44.2 Å². The van der Waals surface area contributed by atoms with Crippen LogP contribution in [0.25, 0.3) is 0 Å². The van der Waals surface area contributed by atoms with Gasteiger partial charge in [0, 0.05) is 0 Å². The Labute approximate surface area is 213 Å². The van der Waals surface area contributed by atoms with Gasteiger partial charge in [0.25, 0.3) is 5.91 Å². The van der Waals surface area contributed by atoms with Crippen molar-refractivity contribution < 1.29 is 24.6 Å². The summed E-state index contributed by atoms with van der Waals surface area (Å²) >= 11 is 0. The van der Waals surface area contributed by atoms with Crippen molar-refractivity contribution in [1.29, 1.82) is 0 Å². The zero-order valence-electron chi connectivity index (χ0n) is 21.3. The summed E-state index contributed by atoms with van der Waals surface area (Å²) < 4.78 is 0. The first-order valence-electron chi connectivity index (χ1n) is 13.4. The summed E-state index contributed by atoms with van der Waals surface area (Å²) in [5.74, 6) is 0.330. The van der Waals surface area contributed by atoms with Gasteiger partial charge in [-0.15, -0.1) is 0 Å². The van der Waals surface area contributed by atoms with Crippen LogP contribution in [0.1, 0.15) is 76.8 Å². The molecule has 1 amide bonds. The van der Waals surface area contributed by atoms with Crippen LogP contribution >= 0.6 is 0 Å². The van der Waals surface area contributed by atoms with Crippen LogP contribution in [0.4, 0.5) is 0 Å². The molecule has 0 bridgehead atoms. The van der Waals surface area contributed by atoms with Crippen molar-refractivity contribution in [1.82, 2.24) is 5.32 Å². The number of carboxylic acids is 1. The van der Waals surface area contributed by atoms with Crippen molar-refractivity contribution in [2.45, 2.75) is 77.4 Å². The van der Waals surface area contributed by atoms with E-state index in [9.17, 15) is 19.8 Å². The molecule has 0 heterocycles. The zero-order chi connectivity index (χ0) is 25.5. The number of carboxylic acid groups (broad SMARTS) is 1. The molecule has 0 aliphatic heterocycles. The lowest BCUT2D eigenvalue weighted by atomic mass is 9.47. The molecule has 7 atom stereocenters. The van der Waals surface area contributed by atoms with E-state index in [-0.39, 0.29) is 23.5 Å². The van der Waals surface area contributed by atoms with Gasteiger partial charge in [0.05, 0.1) is 11.8 Å². The third kappa shape index (κ3) is 4.36. The Morgan fingerprint density at radius 3 is 2.61 bits per heavy atom. The standard InChI is InChI=1S/C29H38N2O5/c1-28-14-12-20(31-36-17-25(33)30-26(27(34)35)18-6-4-3-5-7-18)16-19(28)8-9-21-22-10-11-24(32)29(22,2)15-13-23(21)28/h3-7,16,21-24,26,32H,8-15,17H2,1-2H3,(H,30,33)(H,34,35)/b31-20+/t21-,22-,23-,24-,26+,28-,29-/m0/s1. The summed E-state index contributed by atoms with van der Waals surface area (Å²) in [5, 5.41) is 26.9. The van der Waals surface area contributed by atoms with Gasteiger partial charge in [-0.05, 0) is 91.6 Å². The minimum atomic E-state index is -1.12. The normalized spacial score (nSPS) is 37.2. The molecule has 0 saturated heterocycles. The van der Waals surface area contributed by atoms with Crippen LogP contribution in [0.5, 0.6) is 0 Å².